The molecule has 1 spiro atoms. The molecule has 0 unspecified atom stereocenters. The molecule has 0 radical (unpaired) electrons. The smallest absolute Gasteiger partial charge is 0.0551 e. The van der Waals surface area contributed by atoms with Gasteiger partial charge in [-0.1, -0.05) is 0 Å². The standard InChI is InChI=1S/C7H13NO.ClH/c9-6-3-7(4-6)1-2-8-5-7;/h6,8-9H,1-5H2;1H. The van der Waals surface area contributed by atoms with Crippen LogP contribution in [0.3, 0.4) is 0 Å². The van der Waals surface area contributed by atoms with Gasteiger partial charge in [0.25, 0.3) is 0 Å². The van der Waals surface area contributed by atoms with Gasteiger partial charge in [0.15, 0.2) is 0 Å². The van der Waals surface area contributed by atoms with Crippen molar-refractivity contribution in [3.05, 3.63) is 0 Å². The first-order chi connectivity index (χ1) is 4.31. The highest BCUT2D eigenvalue weighted by atomic mass is 35.5. The zero-order valence-corrected chi connectivity index (χ0v) is 6.78. The van der Waals surface area contributed by atoms with E-state index in [1.165, 1.54) is 6.42 Å². The Balaban J connectivity index is 0.000000500. The van der Waals surface area contributed by atoms with E-state index in [9.17, 15) is 0 Å². The van der Waals surface area contributed by atoms with E-state index in [4.69, 9.17) is 5.11 Å². The third kappa shape index (κ3) is 1.16. The predicted octanol–water partition coefficient (Wildman–Crippen LogP) is 0.543. The summed E-state index contributed by atoms with van der Waals surface area (Å²) in [5.74, 6) is 0. The molecule has 0 bridgehead atoms. The molecular formula is C7H14ClNO. The van der Waals surface area contributed by atoms with Crippen LogP contribution >= 0.6 is 12.4 Å². The van der Waals surface area contributed by atoms with Crippen molar-refractivity contribution in [1.82, 2.24) is 5.32 Å². The Kier molecular flexibility index (Phi) is 2.23. The van der Waals surface area contributed by atoms with Gasteiger partial charge in [-0.2, -0.15) is 0 Å². The van der Waals surface area contributed by atoms with Gasteiger partial charge in [-0.15, -0.1) is 12.4 Å². The molecule has 1 saturated heterocycles. The molecule has 10 heavy (non-hydrogen) atoms. The van der Waals surface area contributed by atoms with Crippen LogP contribution in [0.2, 0.25) is 0 Å². The lowest BCUT2D eigenvalue weighted by Crippen LogP contribution is -2.42. The maximum Gasteiger partial charge on any atom is 0.0551 e. The molecule has 0 aromatic heterocycles. The van der Waals surface area contributed by atoms with E-state index in [-0.39, 0.29) is 18.5 Å². The van der Waals surface area contributed by atoms with Gasteiger partial charge in [0.2, 0.25) is 0 Å². The predicted molar refractivity (Wildman–Crippen MR) is 42.4 cm³/mol. The summed E-state index contributed by atoms with van der Waals surface area (Å²) in [6.07, 6.45) is 3.38. The van der Waals surface area contributed by atoms with Gasteiger partial charge >= 0.3 is 0 Å². The van der Waals surface area contributed by atoms with E-state index >= 15 is 0 Å². The Morgan fingerprint density at radius 2 is 2.10 bits per heavy atom. The lowest BCUT2D eigenvalue weighted by Gasteiger charge is -2.41. The number of hydrogen-bond donors (Lipinski definition) is 2. The summed E-state index contributed by atoms with van der Waals surface area (Å²) in [6, 6.07) is 0. The van der Waals surface area contributed by atoms with E-state index in [0.29, 0.717) is 5.41 Å². The van der Waals surface area contributed by atoms with Gasteiger partial charge in [-0.05, 0) is 31.2 Å². The van der Waals surface area contributed by atoms with Crippen molar-refractivity contribution in [3.8, 4) is 0 Å². The van der Waals surface area contributed by atoms with Crippen LogP contribution in [0.1, 0.15) is 19.3 Å². The average molecular weight is 164 g/mol. The van der Waals surface area contributed by atoms with Gasteiger partial charge in [0.05, 0.1) is 6.10 Å². The molecule has 0 atom stereocenters. The highest BCUT2D eigenvalue weighted by Crippen LogP contribution is 2.45. The van der Waals surface area contributed by atoms with Crippen molar-refractivity contribution >= 4 is 12.4 Å². The molecule has 0 aromatic rings. The molecule has 2 aliphatic rings. The van der Waals surface area contributed by atoms with Crippen LogP contribution < -0.4 is 5.32 Å². The minimum absolute atomic E-state index is 0. The summed E-state index contributed by atoms with van der Waals surface area (Å²) in [5.41, 5.74) is 0.527. The summed E-state index contributed by atoms with van der Waals surface area (Å²) in [6.45, 7) is 2.30. The van der Waals surface area contributed by atoms with Gasteiger partial charge in [-0.25, -0.2) is 0 Å². The van der Waals surface area contributed by atoms with Crippen LogP contribution in [0, 0.1) is 5.41 Å². The highest BCUT2D eigenvalue weighted by Gasteiger charge is 2.44. The Morgan fingerprint density at radius 1 is 1.40 bits per heavy atom. The number of rotatable bonds is 0. The number of halogens is 1. The van der Waals surface area contributed by atoms with Crippen molar-refractivity contribution in [2.75, 3.05) is 13.1 Å². The number of aliphatic hydroxyl groups is 1. The summed E-state index contributed by atoms with van der Waals surface area (Å²) >= 11 is 0. The third-order valence-electron chi connectivity index (χ3n) is 2.67. The first kappa shape index (κ1) is 8.31. The summed E-state index contributed by atoms with van der Waals surface area (Å²) in [4.78, 5) is 0. The van der Waals surface area contributed by atoms with Crippen molar-refractivity contribution < 1.29 is 5.11 Å². The first-order valence-electron chi connectivity index (χ1n) is 3.70. The third-order valence-corrected chi connectivity index (χ3v) is 2.67. The SMILES string of the molecule is Cl.OC1CC2(CCNC2)C1. The molecular weight excluding hydrogens is 150 g/mol. The molecule has 0 amide bonds. The minimum atomic E-state index is 0. The minimum Gasteiger partial charge on any atom is -0.393 e. The molecule has 60 valence electrons. The van der Waals surface area contributed by atoms with Crippen LogP contribution in [0.15, 0.2) is 0 Å². The molecule has 1 aliphatic carbocycles. The van der Waals surface area contributed by atoms with E-state index in [1.54, 1.807) is 0 Å². The maximum atomic E-state index is 9.05. The second-order valence-corrected chi connectivity index (χ2v) is 3.49. The van der Waals surface area contributed by atoms with Crippen molar-refractivity contribution in [2.24, 2.45) is 5.41 Å². The van der Waals surface area contributed by atoms with Crippen LogP contribution in [-0.4, -0.2) is 24.3 Å². The number of aliphatic hydroxyl groups excluding tert-OH is 1. The van der Waals surface area contributed by atoms with Crippen LogP contribution in [0.5, 0.6) is 0 Å². The summed E-state index contributed by atoms with van der Waals surface area (Å²) in [5, 5.41) is 12.4. The fraction of sp³-hybridized carbons (Fsp3) is 1.00. The molecule has 3 heteroatoms. The Morgan fingerprint density at radius 3 is 2.50 bits per heavy atom. The Bertz CT molecular complexity index is 115. The zero-order chi connectivity index (χ0) is 6.32. The van der Waals surface area contributed by atoms with Gasteiger partial charge in [0, 0.05) is 6.54 Å². The van der Waals surface area contributed by atoms with E-state index < -0.39 is 0 Å². The van der Waals surface area contributed by atoms with E-state index in [1.807, 2.05) is 0 Å². The van der Waals surface area contributed by atoms with E-state index in [0.717, 1.165) is 25.9 Å². The quantitative estimate of drug-likeness (QED) is 0.547. The van der Waals surface area contributed by atoms with Crippen LogP contribution in [0.4, 0.5) is 0 Å². The maximum absolute atomic E-state index is 9.05. The first-order valence-corrected chi connectivity index (χ1v) is 3.70. The van der Waals surface area contributed by atoms with Crippen LogP contribution in [0.25, 0.3) is 0 Å². The lowest BCUT2D eigenvalue weighted by molar-refractivity contribution is -0.0189. The second kappa shape index (κ2) is 2.68. The normalized spacial score (nSPS) is 44.7. The monoisotopic (exact) mass is 163 g/mol. The zero-order valence-electron chi connectivity index (χ0n) is 5.97. The average Bonchev–Trinajstić information content (AvgIpc) is 2.12. The van der Waals surface area contributed by atoms with E-state index in [2.05, 4.69) is 5.32 Å². The number of hydrogen-bond acceptors (Lipinski definition) is 2. The largest absolute Gasteiger partial charge is 0.393 e. The summed E-state index contributed by atoms with van der Waals surface area (Å²) in [7, 11) is 0. The fourth-order valence-corrected chi connectivity index (χ4v) is 2.08. The van der Waals surface area contributed by atoms with Crippen molar-refractivity contribution in [2.45, 2.75) is 25.4 Å². The molecule has 2 nitrogen and oxygen atoms in total. The molecule has 1 heterocycles. The van der Waals surface area contributed by atoms with Gasteiger partial charge in [0.1, 0.15) is 0 Å². The van der Waals surface area contributed by atoms with Crippen molar-refractivity contribution in [1.29, 1.82) is 0 Å². The second-order valence-electron chi connectivity index (χ2n) is 3.49. The molecule has 1 saturated carbocycles. The molecule has 2 fully saturated rings. The lowest BCUT2D eigenvalue weighted by atomic mass is 9.66. The highest BCUT2D eigenvalue weighted by molar-refractivity contribution is 5.85. The number of nitrogens with one attached hydrogen (secondary N) is 1. The van der Waals surface area contributed by atoms with Crippen molar-refractivity contribution in [3.63, 3.8) is 0 Å². The topological polar surface area (TPSA) is 32.3 Å². The molecule has 1 aliphatic heterocycles. The molecule has 2 N–H and O–H groups in total. The van der Waals surface area contributed by atoms with Gasteiger partial charge < -0.3 is 10.4 Å². The van der Waals surface area contributed by atoms with Gasteiger partial charge in [-0.3, -0.25) is 0 Å². The molecule has 2 rings (SSSR count). The fourth-order valence-electron chi connectivity index (χ4n) is 2.08. The van der Waals surface area contributed by atoms with Crippen LogP contribution in [-0.2, 0) is 0 Å². The Labute approximate surface area is 67.4 Å². The molecule has 0 aromatic carbocycles. The summed E-state index contributed by atoms with van der Waals surface area (Å²) < 4.78 is 0. The Hall–Kier alpha value is 0.210.